The van der Waals surface area contributed by atoms with Gasteiger partial charge in [0.2, 0.25) is 0 Å². The Balaban J connectivity index is 2.02. The highest BCUT2D eigenvalue weighted by atomic mass is 35.5. The summed E-state index contributed by atoms with van der Waals surface area (Å²) in [6.07, 6.45) is 0. The molecule has 0 unspecified atom stereocenters. The largest absolute Gasteiger partial charge is 0.370 e. The van der Waals surface area contributed by atoms with Crippen LogP contribution in [0.25, 0.3) is 0 Å². The third-order valence-electron chi connectivity index (χ3n) is 2.52. The molecule has 0 aliphatic heterocycles. The number of nitrogens with zero attached hydrogens (tertiary/aromatic N) is 1. The number of hydrogen-bond acceptors (Lipinski definition) is 3. The molecule has 0 bridgehead atoms. The Labute approximate surface area is 112 Å². The molecule has 0 amide bonds. The summed E-state index contributed by atoms with van der Waals surface area (Å²) in [5, 5.41) is 7.22. The van der Waals surface area contributed by atoms with Gasteiger partial charge >= 0.3 is 0 Å². The lowest BCUT2D eigenvalue weighted by molar-refractivity contribution is 1.10. The standard InChI is InChI=1S/C14H16ClN3/c1-2-16-13-8-5-9-14(18-13)17-10-11-6-3-4-7-12(11)15/h3-9H,2,10H2,1H3,(H2,16,17,18). The molecule has 0 atom stereocenters. The van der Waals surface area contributed by atoms with Crippen molar-refractivity contribution in [1.29, 1.82) is 0 Å². The predicted octanol–water partition coefficient (Wildman–Crippen LogP) is 3.78. The van der Waals surface area contributed by atoms with Crippen molar-refractivity contribution in [2.24, 2.45) is 0 Å². The van der Waals surface area contributed by atoms with Gasteiger partial charge in [-0.1, -0.05) is 35.9 Å². The highest BCUT2D eigenvalue weighted by molar-refractivity contribution is 6.31. The summed E-state index contributed by atoms with van der Waals surface area (Å²) in [6.45, 7) is 3.58. The molecule has 4 heteroatoms. The fraction of sp³-hybridized carbons (Fsp3) is 0.214. The Morgan fingerprint density at radius 2 is 1.72 bits per heavy atom. The first-order valence-corrected chi connectivity index (χ1v) is 6.35. The van der Waals surface area contributed by atoms with Crippen molar-refractivity contribution in [2.45, 2.75) is 13.5 Å². The van der Waals surface area contributed by atoms with Crippen molar-refractivity contribution in [3.8, 4) is 0 Å². The van der Waals surface area contributed by atoms with Gasteiger partial charge in [0.05, 0.1) is 0 Å². The lowest BCUT2D eigenvalue weighted by atomic mass is 10.2. The molecule has 0 aliphatic rings. The Kier molecular flexibility index (Phi) is 4.42. The maximum Gasteiger partial charge on any atom is 0.128 e. The van der Waals surface area contributed by atoms with Crippen molar-refractivity contribution in [1.82, 2.24) is 4.98 Å². The zero-order valence-corrected chi connectivity index (χ0v) is 11.0. The van der Waals surface area contributed by atoms with E-state index in [1.165, 1.54) is 0 Å². The summed E-state index contributed by atoms with van der Waals surface area (Å²) >= 11 is 6.10. The fourth-order valence-electron chi connectivity index (χ4n) is 1.64. The minimum atomic E-state index is 0.669. The Morgan fingerprint density at radius 1 is 1.00 bits per heavy atom. The maximum atomic E-state index is 6.10. The fourth-order valence-corrected chi connectivity index (χ4v) is 1.84. The molecule has 94 valence electrons. The van der Waals surface area contributed by atoms with Crippen LogP contribution >= 0.6 is 11.6 Å². The first kappa shape index (κ1) is 12.7. The van der Waals surface area contributed by atoms with Crippen molar-refractivity contribution in [3.05, 3.63) is 53.1 Å². The van der Waals surface area contributed by atoms with E-state index in [9.17, 15) is 0 Å². The molecule has 2 N–H and O–H groups in total. The molecule has 1 aromatic carbocycles. The van der Waals surface area contributed by atoms with Crippen LogP contribution in [-0.2, 0) is 6.54 Å². The lowest BCUT2D eigenvalue weighted by Gasteiger charge is -2.09. The Morgan fingerprint density at radius 3 is 2.44 bits per heavy atom. The van der Waals surface area contributed by atoms with E-state index in [4.69, 9.17) is 11.6 Å². The maximum absolute atomic E-state index is 6.10. The number of anilines is 2. The molecule has 1 aromatic heterocycles. The van der Waals surface area contributed by atoms with Crippen LogP contribution in [0, 0.1) is 0 Å². The molecular formula is C14H16ClN3. The normalized spacial score (nSPS) is 10.1. The van der Waals surface area contributed by atoms with Crippen molar-refractivity contribution in [2.75, 3.05) is 17.2 Å². The number of benzene rings is 1. The second kappa shape index (κ2) is 6.26. The van der Waals surface area contributed by atoms with Crippen molar-refractivity contribution < 1.29 is 0 Å². The molecule has 0 spiro atoms. The zero-order chi connectivity index (χ0) is 12.8. The van der Waals surface area contributed by atoms with Gasteiger partial charge in [0.15, 0.2) is 0 Å². The monoisotopic (exact) mass is 261 g/mol. The molecule has 2 rings (SSSR count). The summed E-state index contributed by atoms with van der Waals surface area (Å²) in [5.41, 5.74) is 1.06. The highest BCUT2D eigenvalue weighted by Gasteiger charge is 2.00. The third kappa shape index (κ3) is 3.37. The summed E-state index contributed by atoms with van der Waals surface area (Å²) < 4.78 is 0. The van der Waals surface area contributed by atoms with Crippen LogP contribution in [-0.4, -0.2) is 11.5 Å². The van der Waals surface area contributed by atoms with Gasteiger partial charge < -0.3 is 10.6 Å². The first-order chi connectivity index (χ1) is 8.79. The summed E-state index contributed by atoms with van der Waals surface area (Å²) in [6, 6.07) is 13.7. The van der Waals surface area contributed by atoms with Gasteiger partial charge in [0.1, 0.15) is 11.6 Å². The van der Waals surface area contributed by atoms with Crippen LogP contribution in [0.3, 0.4) is 0 Å². The summed E-state index contributed by atoms with van der Waals surface area (Å²) in [5.74, 6) is 1.72. The highest BCUT2D eigenvalue weighted by Crippen LogP contribution is 2.16. The topological polar surface area (TPSA) is 37.0 Å². The van der Waals surface area contributed by atoms with Gasteiger partial charge in [-0.25, -0.2) is 4.98 Å². The number of aromatic nitrogens is 1. The van der Waals surface area contributed by atoms with Crippen LogP contribution in [0.2, 0.25) is 5.02 Å². The van der Waals surface area contributed by atoms with Gasteiger partial charge in [-0.2, -0.15) is 0 Å². The smallest absolute Gasteiger partial charge is 0.128 e. The number of rotatable bonds is 5. The van der Waals surface area contributed by atoms with E-state index in [-0.39, 0.29) is 0 Å². The molecular weight excluding hydrogens is 246 g/mol. The molecule has 0 saturated carbocycles. The molecule has 1 heterocycles. The number of hydrogen-bond donors (Lipinski definition) is 2. The van der Waals surface area contributed by atoms with E-state index in [1.54, 1.807) is 0 Å². The van der Waals surface area contributed by atoms with Crippen LogP contribution in [0.4, 0.5) is 11.6 Å². The molecule has 2 aromatic rings. The van der Waals surface area contributed by atoms with Gasteiger partial charge in [-0.15, -0.1) is 0 Å². The van der Waals surface area contributed by atoms with Crippen LogP contribution in [0.1, 0.15) is 12.5 Å². The second-order valence-electron chi connectivity index (χ2n) is 3.88. The number of halogens is 1. The van der Waals surface area contributed by atoms with E-state index in [0.717, 1.165) is 28.8 Å². The molecule has 0 fully saturated rings. The quantitative estimate of drug-likeness (QED) is 0.860. The summed E-state index contributed by atoms with van der Waals surface area (Å²) in [4.78, 5) is 4.44. The first-order valence-electron chi connectivity index (χ1n) is 5.98. The number of pyridine rings is 1. The average molecular weight is 262 g/mol. The lowest BCUT2D eigenvalue weighted by Crippen LogP contribution is -2.04. The van der Waals surface area contributed by atoms with Gasteiger partial charge in [-0.3, -0.25) is 0 Å². The number of nitrogens with one attached hydrogen (secondary N) is 2. The van der Waals surface area contributed by atoms with Gasteiger partial charge in [0, 0.05) is 18.1 Å². The van der Waals surface area contributed by atoms with Gasteiger partial charge in [-0.05, 0) is 30.7 Å². The summed E-state index contributed by atoms with van der Waals surface area (Å²) in [7, 11) is 0. The SMILES string of the molecule is CCNc1cccc(NCc2ccccc2Cl)n1. The Bertz CT molecular complexity index is 514. The van der Waals surface area contributed by atoms with Crippen LogP contribution in [0.5, 0.6) is 0 Å². The van der Waals surface area contributed by atoms with Gasteiger partial charge in [0.25, 0.3) is 0 Å². The van der Waals surface area contributed by atoms with E-state index in [0.29, 0.717) is 6.54 Å². The molecule has 3 nitrogen and oxygen atoms in total. The van der Waals surface area contributed by atoms with E-state index in [2.05, 4.69) is 15.6 Å². The van der Waals surface area contributed by atoms with Crippen LogP contribution in [0.15, 0.2) is 42.5 Å². The predicted molar refractivity (Wildman–Crippen MR) is 77.2 cm³/mol. The third-order valence-corrected chi connectivity index (χ3v) is 2.89. The molecule has 18 heavy (non-hydrogen) atoms. The van der Waals surface area contributed by atoms with E-state index in [1.807, 2.05) is 49.4 Å². The molecule has 0 aliphatic carbocycles. The second-order valence-corrected chi connectivity index (χ2v) is 4.29. The van der Waals surface area contributed by atoms with Crippen molar-refractivity contribution >= 4 is 23.2 Å². The Hall–Kier alpha value is -1.74. The molecule has 0 radical (unpaired) electrons. The van der Waals surface area contributed by atoms with Crippen LogP contribution < -0.4 is 10.6 Å². The van der Waals surface area contributed by atoms with E-state index < -0.39 is 0 Å². The zero-order valence-electron chi connectivity index (χ0n) is 10.3. The average Bonchev–Trinajstić information content (AvgIpc) is 2.39. The minimum Gasteiger partial charge on any atom is -0.370 e. The van der Waals surface area contributed by atoms with E-state index >= 15 is 0 Å². The molecule has 0 saturated heterocycles. The van der Waals surface area contributed by atoms with Crippen molar-refractivity contribution in [3.63, 3.8) is 0 Å². The minimum absolute atomic E-state index is 0.669.